The molecule has 0 saturated carbocycles. The van der Waals surface area contributed by atoms with Gasteiger partial charge in [-0.1, -0.05) is 12.1 Å². The quantitative estimate of drug-likeness (QED) is 0.861. The lowest BCUT2D eigenvalue weighted by Crippen LogP contribution is -2.41. The van der Waals surface area contributed by atoms with Crippen molar-refractivity contribution < 1.29 is 14.3 Å². The number of furan rings is 1. The van der Waals surface area contributed by atoms with E-state index >= 15 is 0 Å². The molecule has 2 aromatic rings. The predicted molar refractivity (Wildman–Crippen MR) is 86.6 cm³/mol. The van der Waals surface area contributed by atoms with E-state index in [0.29, 0.717) is 0 Å². The predicted octanol–water partition coefficient (Wildman–Crippen LogP) is 2.51. The van der Waals surface area contributed by atoms with E-state index in [9.17, 15) is 9.90 Å². The van der Waals surface area contributed by atoms with Gasteiger partial charge in [0.2, 0.25) is 5.91 Å². The molecule has 1 heterocycles. The van der Waals surface area contributed by atoms with Crippen LogP contribution in [0.25, 0.3) is 11.0 Å². The van der Waals surface area contributed by atoms with Gasteiger partial charge in [0.25, 0.3) is 0 Å². The summed E-state index contributed by atoms with van der Waals surface area (Å²) < 4.78 is 5.50. The van der Waals surface area contributed by atoms with Crippen molar-refractivity contribution in [1.29, 1.82) is 0 Å². The van der Waals surface area contributed by atoms with Crippen molar-refractivity contribution in [2.45, 2.75) is 31.6 Å². The van der Waals surface area contributed by atoms with Crippen molar-refractivity contribution in [2.75, 3.05) is 12.9 Å². The summed E-state index contributed by atoms with van der Waals surface area (Å²) in [5.74, 6) is -0.0572. The smallest absolute Gasteiger partial charge is 0.224 e. The first-order valence-corrected chi connectivity index (χ1v) is 8.23. The van der Waals surface area contributed by atoms with Crippen LogP contribution in [0.2, 0.25) is 0 Å². The highest BCUT2D eigenvalue weighted by Crippen LogP contribution is 2.22. The molecule has 0 fully saturated rings. The summed E-state index contributed by atoms with van der Waals surface area (Å²) in [5.41, 5.74) is 2.83. The standard InChI is InChI=1S/C16H21NO3S/c1-10-4-5-13-12(9-20-14(13)6-10)7-16(19)17-11(2)15(8-18)21-3/h4-6,9,11,15,18H,7-8H2,1-3H3,(H,17,19)/t11-,15+/m1/s1. The number of thioether (sulfide) groups is 1. The fourth-order valence-corrected chi connectivity index (χ4v) is 2.96. The Balaban J connectivity index is 2.04. The first-order chi connectivity index (χ1) is 10.0. The Bertz CT molecular complexity index is 619. The van der Waals surface area contributed by atoms with Crippen LogP contribution in [-0.4, -0.2) is 35.2 Å². The summed E-state index contributed by atoms with van der Waals surface area (Å²) >= 11 is 1.55. The van der Waals surface area contributed by atoms with Gasteiger partial charge in [-0.15, -0.1) is 0 Å². The Hall–Kier alpha value is -1.46. The number of carbonyl (C=O) groups excluding carboxylic acids is 1. The fraction of sp³-hybridized carbons (Fsp3) is 0.438. The molecule has 1 amide bonds. The molecule has 0 spiro atoms. The minimum atomic E-state index is -0.0714. The van der Waals surface area contributed by atoms with E-state index in [1.165, 1.54) is 0 Å². The van der Waals surface area contributed by atoms with Gasteiger partial charge in [0.15, 0.2) is 0 Å². The first-order valence-electron chi connectivity index (χ1n) is 6.95. The largest absolute Gasteiger partial charge is 0.464 e. The topological polar surface area (TPSA) is 62.5 Å². The molecule has 0 unspecified atom stereocenters. The van der Waals surface area contributed by atoms with E-state index in [-0.39, 0.29) is 30.2 Å². The Morgan fingerprint density at radius 2 is 2.24 bits per heavy atom. The molecule has 5 heteroatoms. The molecule has 0 bridgehead atoms. The number of benzene rings is 1. The lowest BCUT2D eigenvalue weighted by atomic mass is 10.1. The van der Waals surface area contributed by atoms with Crippen LogP contribution >= 0.6 is 11.8 Å². The van der Waals surface area contributed by atoms with E-state index in [2.05, 4.69) is 5.32 Å². The molecule has 114 valence electrons. The van der Waals surface area contributed by atoms with Crippen LogP contribution in [0.4, 0.5) is 0 Å². The van der Waals surface area contributed by atoms with E-state index in [0.717, 1.165) is 22.1 Å². The van der Waals surface area contributed by atoms with Gasteiger partial charge in [0.1, 0.15) is 5.58 Å². The van der Waals surface area contributed by atoms with Crippen molar-refractivity contribution in [3.8, 4) is 0 Å². The molecule has 4 nitrogen and oxygen atoms in total. The molecule has 0 radical (unpaired) electrons. The van der Waals surface area contributed by atoms with E-state index in [4.69, 9.17) is 4.42 Å². The van der Waals surface area contributed by atoms with Crippen molar-refractivity contribution in [1.82, 2.24) is 5.32 Å². The molecular formula is C16H21NO3S. The molecule has 2 N–H and O–H groups in total. The maximum atomic E-state index is 12.1. The van der Waals surface area contributed by atoms with Crippen LogP contribution in [-0.2, 0) is 11.2 Å². The summed E-state index contributed by atoms with van der Waals surface area (Å²) in [5, 5.41) is 13.2. The normalized spacial score (nSPS) is 14.1. The van der Waals surface area contributed by atoms with Gasteiger partial charge in [-0.25, -0.2) is 0 Å². The van der Waals surface area contributed by atoms with Crippen LogP contribution in [0.1, 0.15) is 18.1 Å². The Morgan fingerprint density at radius 1 is 1.48 bits per heavy atom. The number of rotatable bonds is 6. The van der Waals surface area contributed by atoms with Crippen molar-refractivity contribution in [3.05, 3.63) is 35.6 Å². The second-order valence-electron chi connectivity index (χ2n) is 5.25. The number of aliphatic hydroxyl groups is 1. The minimum Gasteiger partial charge on any atom is -0.464 e. The first kappa shape index (κ1) is 15.9. The van der Waals surface area contributed by atoms with Crippen molar-refractivity contribution >= 4 is 28.6 Å². The van der Waals surface area contributed by atoms with Gasteiger partial charge in [0.05, 0.1) is 19.3 Å². The SMILES string of the molecule is CS[C@@H](CO)[C@@H](C)NC(=O)Cc1coc2cc(C)ccc12. The van der Waals surface area contributed by atoms with Crippen LogP contribution < -0.4 is 5.32 Å². The molecule has 1 aromatic heterocycles. The monoisotopic (exact) mass is 307 g/mol. The zero-order valence-electron chi connectivity index (χ0n) is 12.6. The van der Waals surface area contributed by atoms with Gasteiger partial charge in [-0.2, -0.15) is 11.8 Å². The zero-order chi connectivity index (χ0) is 15.4. The molecule has 21 heavy (non-hydrogen) atoms. The highest BCUT2D eigenvalue weighted by Gasteiger charge is 2.18. The fourth-order valence-electron chi connectivity index (χ4n) is 2.33. The van der Waals surface area contributed by atoms with E-state index < -0.39 is 0 Å². The second kappa shape index (κ2) is 7.00. The Morgan fingerprint density at radius 3 is 2.90 bits per heavy atom. The summed E-state index contributed by atoms with van der Waals surface area (Å²) in [7, 11) is 0. The lowest BCUT2D eigenvalue weighted by Gasteiger charge is -2.21. The molecule has 2 atom stereocenters. The number of nitrogens with one attached hydrogen (secondary N) is 1. The third-order valence-electron chi connectivity index (χ3n) is 3.59. The Labute approximate surface area is 128 Å². The lowest BCUT2D eigenvalue weighted by molar-refractivity contribution is -0.121. The second-order valence-corrected chi connectivity index (χ2v) is 6.33. The molecule has 0 aliphatic heterocycles. The number of fused-ring (bicyclic) bond motifs is 1. The van der Waals surface area contributed by atoms with E-state index in [1.54, 1.807) is 18.0 Å². The Kier molecular flexibility index (Phi) is 5.31. The molecule has 2 rings (SSSR count). The number of aryl methyl sites for hydroxylation is 1. The van der Waals surface area contributed by atoms with Crippen LogP contribution in [0, 0.1) is 6.92 Å². The average Bonchev–Trinajstić information content (AvgIpc) is 2.82. The van der Waals surface area contributed by atoms with Crippen molar-refractivity contribution in [3.63, 3.8) is 0 Å². The van der Waals surface area contributed by atoms with Gasteiger partial charge >= 0.3 is 0 Å². The average molecular weight is 307 g/mol. The highest BCUT2D eigenvalue weighted by atomic mass is 32.2. The third-order valence-corrected chi connectivity index (χ3v) is 4.75. The highest BCUT2D eigenvalue weighted by molar-refractivity contribution is 7.99. The summed E-state index contributed by atoms with van der Waals surface area (Å²) in [6, 6.07) is 5.89. The van der Waals surface area contributed by atoms with Gasteiger partial charge in [-0.05, 0) is 31.7 Å². The van der Waals surface area contributed by atoms with Gasteiger partial charge < -0.3 is 14.8 Å². The van der Waals surface area contributed by atoms with Gasteiger partial charge in [0, 0.05) is 22.2 Å². The van der Waals surface area contributed by atoms with Crippen LogP contribution in [0.3, 0.4) is 0 Å². The molecular weight excluding hydrogens is 286 g/mol. The van der Waals surface area contributed by atoms with Gasteiger partial charge in [-0.3, -0.25) is 4.79 Å². The number of carbonyl (C=O) groups is 1. The number of hydrogen-bond donors (Lipinski definition) is 2. The molecule has 0 aliphatic carbocycles. The third kappa shape index (κ3) is 3.80. The minimum absolute atomic E-state index is 0.0118. The van der Waals surface area contributed by atoms with Crippen LogP contribution in [0.5, 0.6) is 0 Å². The number of aliphatic hydroxyl groups excluding tert-OH is 1. The maximum absolute atomic E-state index is 12.1. The number of hydrogen-bond acceptors (Lipinski definition) is 4. The molecule has 1 aromatic carbocycles. The van der Waals surface area contributed by atoms with Crippen LogP contribution in [0.15, 0.2) is 28.9 Å². The van der Waals surface area contributed by atoms with E-state index in [1.807, 2.05) is 38.3 Å². The number of amides is 1. The molecule has 0 aliphatic rings. The zero-order valence-corrected chi connectivity index (χ0v) is 13.4. The van der Waals surface area contributed by atoms with Crippen molar-refractivity contribution in [2.24, 2.45) is 0 Å². The summed E-state index contributed by atoms with van der Waals surface area (Å²) in [6.07, 6.45) is 3.86. The molecule has 0 saturated heterocycles. The maximum Gasteiger partial charge on any atom is 0.224 e. The summed E-state index contributed by atoms with van der Waals surface area (Å²) in [6.45, 7) is 3.97. The summed E-state index contributed by atoms with van der Waals surface area (Å²) in [4.78, 5) is 12.1.